The zero-order valence-corrected chi connectivity index (χ0v) is 20.1. The van der Waals surface area contributed by atoms with Gasteiger partial charge in [0.05, 0.1) is 20.9 Å². The number of thiazole rings is 1. The number of halogens is 4. The molecule has 3 aromatic rings. The van der Waals surface area contributed by atoms with E-state index in [1.54, 1.807) is 6.07 Å². The van der Waals surface area contributed by atoms with E-state index in [1.165, 1.54) is 23.5 Å². The van der Waals surface area contributed by atoms with E-state index in [1.807, 2.05) is 17.5 Å². The second kappa shape index (κ2) is 9.24. The Morgan fingerprint density at radius 1 is 1.06 bits per heavy atom. The van der Waals surface area contributed by atoms with E-state index < -0.39 is 20.9 Å². The standard InChI is InChI=1S/C21H18Cl3FN2O2S2/c22-14-7-13(8-15(23)10-14)9-16-12-30-21(26-16)27-5-3-17(4-6-27)31(28,29)18-1-2-20(25)19(24)11-18/h1-2,7-8,10-12,17H,3-6,9H2. The summed E-state index contributed by atoms with van der Waals surface area (Å²) in [7, 11) is -3.57. The quantitative estimate of drug-likeness (QED) is 0.373. The van der Waals surface area contributed by atoms with E-state index in [4.69, 9.17) is 39.8 Å². The van der Waals surface area contributed by atoms with Gasteiger partial charge in [0.2, 0.25) is 0 Å². The lowest BCUT2D eigenvalue weighted by Crippen LogP contribution is -2.39. The van der Waals surface area contributed by atoms with Gasteiger partial charge in [-0.1, -0.05) is 34.8 Å². The van der Waals surface area contributed by atoms with Crippen LogP contribution in [0.25, 0.3) is 0 Å². The maximum Gasteiger partial charge on any atom is 0.185 e. The fourth-order valence-corrected chi connectivity index (χ4v) is 7.10. The van der Waals surface area contributed by atoms with Crippen LogP contribution < -0.4 is 4.90 Å². The van der Waals surface area contributed by atoms with Crippen molar-refractivity contribution in [3.05, 3.63) is 73.9 Å². The Morgan fingerprint density at radius 2 is 1.74 bits per heavy atom. The smallest absolute Gasteiger partial charge is 0.185 e. The average molecular weight is 520 g/mol. The fourth-order valence-electron chi connectivity index (χ4n) is 3.65. The molecule has 0 bridgehead atoms. The molecule has 1 fully saturated rings. The van der Waals surface area contributed by atoms with Crippen molar-refractivity contribution in [2.24, 2.45) is 0 Å². The minimum Gasteiger partial charge on any atom is -0.348 e. The summed E-state index contributed by atoms with van der Waals surface area (Å²) in [6.07, 6.45) is 1.55. The van der Waals surface area contributed by atoms with E-state index >= 15 is 0 Å². The SMILES string of the molecule is O=S(=O)(c1ccc(F)c(Cl)c1)C1CCN(c2nc(Cc3cc(Cl)cc(Cl)c3)cs2)CC1. The highest BCUT2D eigenvalue weighted by molar-refractivity contribution is 7.92. The van der Waals surface area contributed by atoms with Crippen LogP contribution in [0.1, 0.15) is 24.1 Å². The van der Waals surface area contributed by atoms with Crippen LogP contribution in [0.5, 0.6) is 0 Å². The highest BCUT2D eigenvalue weighted by atomic mass is 35.5. The largest absolute Gasteiger partial charge is 0.348 e. The van der Waals surface area contributed by atoms with Crippen molar-refractivity contribution in [3.63, 3.8) is 0 Å². The van der Waals surface area contributed by atoms with Crippen molar-refractivity contribution in [1.82, 2.24) is 4.98 Å². The minimum absolute atomic E-state index is 0.0640. The number of piperidine rings is 1. The number of hydrogen-bond donors (Lipinski definition) is 0. The third-order valence-corrected chi connectivity index (χ3v) is 9.15. The number of aromatic nitrogens is 1. The van der Waals surface area contributed by atoms with Gasteiger partial charge >= 0.3 is 0 Å². The van der Waals surface area contributed by atoms with Gasteiger partial charge in [-0.05, 0) is 54.8 Å². The number of anilines is 1. The van der Waals surface area contributed by atoms with Gasteiger partial charge in [-0.15, -0.1) is 11.3 Å². The van der Waals surface area contributed by atoms with Crippen LogP contribution in [0.4, 0.5) is 9.52 Å². The molecular formula is C21H18Cl3FN2O2S2. The molecule has 31 heavy (non-hydrogen) atoms. The molecule has 0 unspecified atom stereocenters. The fraction of sp³-hybridized carbons (Fsp3) is 0.286. The van der Waals surface area contributed by atoms with Gasteiger partial charge in [-0.25, -0.2) is 17.8 Å². The lowest BCUT2D eigenvalue weighted by atomic mass is 10.1. The van der Waals surface area contributed by atoms with Gasteiger partial charge in [0.25, 0.3) is 0 Å². The molecule has 0 saturated carbocycles. The van der Waals surface area contributed by atoms with Crippen molar-refractivity contribution in [3.8, 4) is 0 Å². The minimum atomic E-state index is -3.57. The third kappa shape index (κ3) is 5.17. The molecule has 1 aliphatic heterocycles. The van der Waals surface area contributed by atoms with E-state index in [0.29, 0.717) is 42.4 Å². The maximum atomic E-state index is 13.4. The van der Waals surface area contributed by atoms with Crippen molar-refractivity contribution in [2.45, 2.75) is 29.4 Å². The molecule has 10 heteroatoms. The molecule has 1 aromatic heterocycles. The molecular weight excluding hydrogens is 502 g/mol. The van der Waals surface area contributed by atoms with Gasteiger partial charge in [0.1, 0.15) is 5.82 Å². The zero-order chi connectivity index (χ0) is 22.2. The number of nitrogens with zero attached hydrogens (tertiary/aromatic N) is 2. The Hall–Kier alpha value is -1.38. The van der Waals surface area contributed by atoms with Crippen LogP contribution in [-0.4, -0.2) is 31.7 Å². The Bertz CT molecular complexity index is 1190. The first-order chi connectivity index (χ1) is 14.7. The molecule has 2 aromatic carbocycles. The van der Waals surface area contributed by atoms with E-state index in [9.17, 15) is 12.8 Å². The molecule has 1 saturated heterocycles. The van der Waals surface area contributed by atoms with Crippen molar-refractivity contribution in [2.75, 3.05) is 18.0 Å². The van der Waals surface area contributed by atoms with Crippen molar-refractivity contribution >= 4 is 61.1 Å². The second-order valence-corrected chi connectivity index (χ2v) is 11.7. The summed E-state index contributed by atoms with van der Waals surface area (Å²) in [5.74, 6) is -0.630. The Labute approximate surface area is 199 Å². The predicted molar refractivity (Wildman–Crippen MR) is 125 cm³/mol. The summed E-state index contributed by atoms with van der Waals surface area (Å²) in [6, 6.07) is 8.98. The van der Waals surface area contributed by atoms with Gasteiger partial charge in [-0.2, -0.15) is 0 Å². The maximum absolute atomic E-state index is 13.4. The van der Waals surface area contributed by atoms with E-state index in [0.717, 1.165) is 22.5 Å². The topological polar surface area (TPSA) is 50.3 Å². The second-order valence-electron chi connectivity index (χ2n) is 7.38. The van der Waals surface area contributed by atoms with Crippen molar-refractivity contribution < 1.29 is 12.8 Å². The zero-order valence-electron chi connectivity index (χ0n) is 16.2. The third-order valence-electron chi connectivity index (χ3n) is 5.22. The Kier molecular flexibility index (Phi) is 6.79. The average Bonchev–Trinajstić information content (AvgIpc) is 3.17. The van der Waals surface area contributed by atoms with Gasteiger partial charge in [0, 0.05) is 34.9 Å². The Morgan fingerprint density at radius 3 is 2.39 bits per heavy atom. The summed E-state index contributed by atoms with van der Waals surface area (Å²) in [5.41, 5.74) is 1.89. The van der Waals surface area contributed by atoms with Crippen LogP contribution in [-0.2, 0) is 16.3 Å². The molecule has 0 N–H and O–H groups in total. The number of hydrogen-bond acceptors (Lipinski definition) is 5. The van der Waals surface area contributed by atoms with E-state index in [2.05, 4.69) is 4.90 Å². The summed E-state index contributed by atoms with van der Waals surface area (Å²) in [6.45, 7) is 1.16. The lowest BCUT2D eigenvalue weighted by Gasteiger charge is -2.31. The van der Waals surface area contributed by atoms with Crippen LogP contribution >= 0.6 is 46.1 Å². The lowest BCUT2D eigenvalue weighted by molar-refractivity contribution is 0.529. The molecule has 0 aliphatic carbocycles. The molecule has 2 heterocycles. The molecule has 164 valence electrons. The van der Waals surface area contributed by atoms with Gasteiger partial charge in [0.15, 0.2) is 15.0 Å². The first-order valence-corrected chi connectivity index (χ1v) is 13.1. The molecule has 0 radical (unpaired) electrons. The van der Waals surface area contributed by atoms with Crippen LogP contribution in [0.3, 0.4) is 0 Å². The van der Waals surface area contributed by atoms with Crippen LogP contribution in [0.2, 0.25) is 15.1 Å². The van der Waals surface area contributed by atoms with Crippen LogP contribution in [0.15, 0.2) is 46.7 Å². The van der Waals surface area contributed by atoms with Gasteiger partial charge < -0.3 is 4.90 Å². The molecule has 0 spiro atoms. The molecule has 1 aliphatic rings. The molecule has 4 nitrogen and oxygen atoms in total. The summed E-state index contributed by atoms with van der Waals surface area (Å²) in [5, 5.41) is 3.32. The predicted octanol–water partition coefficient (Wildman–Crippen LogP) is 6.28. The first-order valence-electron chi connectivity index (χ1n) is 9.55. The highest BCUT2D eigenvalue weighted by Gasteiger charge is 2.32. The first kappa shape index (κ1) is 22.8. The number of sulfone groups is 1. The van der Waals surface area contributed by atoms with E-state index in [-0.39, 0.29) is 9.92 Å². The highest BCUT2D eigenvalue weighted by Crippen LogP contribution is 2.31. The monoisotopic (exact) mass is 518 g/mol. The summed E-state index contributed by atoms with van der Waals surface area (Å²) >= 11 is 19.4. The molecule has 0 amide bonds. The van der Waals surface area contributed by atoms with Gasteiger partial charge in [-0.3, -0.25) is 0 Å². The molecule has 4 rings (SSSR count). The number of rotatable bonds is 5. The van der Waals surface area contributed by atoms with Crippen LogP contribution in [0, 0.1) is 5.82 Å². The van der Waals surface area contributed by atoms with Crippen molar-refractivity contribution in [1.29, 1.82) is 0 Å². The summed E-state index contributed by atoms with van der Waals surface area (Å²) < 4.78 is 39.2. The number of benzene rings is 2. The normalized spacial score (nSPS) is 15.4. The Balaban J connectivity index is 1.41. The molecule has 0 atom stereocenters. The summed E-state index contributed by atoms with van der Waals surface area (Å²) in [4.78, 5) is 6.87.